The lowest BCUT2D eigenvalue weighted by atomic mass is 10.1. The van der Waals surface area contributed by atoms with Gasteiger partial charge in [0.15, 0.2) is 11.7 Å². The summed E-state index contributed by atoms with van der Waals surface area (Å²) in [6.07, 6.45) is 0. The van der Waals surface area contributed by atoms with Crippen molar-refractivity contribution < 1.29 is 23.8 Å². The number of carbonyl (C=O) groups is 2. The molecule has 0 unspecified atom stereocenters. The Bertz CT molecular complexity index is 1090. The molecule has 0 spiro atoms. The van der Waals surface area contributed by atoms with Crippen LogP contribution in [0.3, 0.4) is 0 Å². The summed E-state index contributed by atoms with van der Waals surface area (Å²) in [5, 5.41) is 2.43. The SMILES string of the molecule is COCCOc1ccc(C(=O)NC(=S)NNC(=O)COc2ccc(-c3ccccc3)cc2)cc1. The van der Waals surface area contributed by atoms with E-state index in [0.29, 0.717) is 30.3 Å². The number of hydrogen-bond donors (Lipinski definition) is 3. The summed E-state index contributed by atoms with van der Waals surface area (Å²) >= 11 is 5.05. The van der Waals surface area contributed by atoms with Crippen LogP contribution >= 0.6 is 12.2 Å². The first-order valence-corrected chi connectivity index (χ1v) is 10.9. The number of carbonyl (C=O) groups excluding carboxylic acids is 2. The zero-order valence-corrected chi connectivity index (χ0v) is 19.4. The standard InChI is InChI=1S/C25H25N3O5S/c1-31-15-16-32-21-13-9-20(10-14-21)24(30)26-25(34)28-27-23(29)17-33-22-11-7-19(8-12-22)18-5-3-2-4-6-18/h2-14H,15-17H2,1H3,(H,27,29)(H2,26,28,30,34). The maximum atomic E-state index is 12.3. The van der Waals surface area contributed by atoms with Crippen LogP contribution in [-0.4, -0.2) is 43.9 Å². The van der Waals surface area contributed by atoms with Crippen LogP contribution in [0.1, 0.15) is 10.4 Å². The van der Waals surface area contributed by atoms with E-state index < -0.39 is 11.8 Å². The van der Waals surface area contributed by atoms with Crippen molar-refractivity contribution in [3.05, 3.63) is 84.4 Å². The Kier molecular flexibility index (Phi) is 9.39. The predicted molar refractivity (Wildman–Crippen MR) is 133 cm³/mol. The molecule has 2 amide bonds. The van der Waals surface area contributed by atoms with E-state index in [1.807, 2.05) is 42.5 Å². The molecule has 3 aromatic carbocycles. The highest BCUT2D eigenvalue weighted by Gasteiger charge is 2.09. The Morgan fingerprint density at radius 1 is 0.765 bits per heavy atom. The second-order valence-electron chi connectivity index (χ2n) is 7.00. The van der Waals surface area contributed by atoms with Gasteiger partial charge in [0.2, 0.25) is 0 Å². The van der Waals surface area contributed by atoms with E-state index >= 15 is 0 Å². The topological polar surface area (TPSA) is 97.9 Å². The van der Waals surface area contributed by atoms with Crippen LogP contribution in [0.15, 0.2) is 78.9 Å². The Morgan fingerprint density at radius 2 is 1.38 bits per heavy atom. The average Bonchev–Trinajstić information content (AvgIpc) is 2.87. The quantitative estimate of drug-likeness (QED) is 0.246. The molecule has 0 saturated heterocycles. The monoisotopic (exact) mass is 479 g/mol. The lowest BCUT2D eigenvalue weighted by Crippen LogP contribution is -2.49. The van der Waals surface area contributed by atoms with E-state index in [9.17, 15) is 9.59 Å². The number of nitrogens with one attached hydrogen (secondary N) is 3. The highest BCUT2D eigenvalue weighted by molar-refractivity contribution is 7.80. The van der Waals surface area contributed by atoms with Crippen molar-refractivity contribution in [3.8, 4) is 22.6 Å². The van der Waals surface area contributed by atoms with E-state index in [1.165, 1.54) is 0 Å². The highest BCUT2D eigenvalue weighted by atomic mass is 32.1. The lowest BCUT2D eigenvalue weighted by Gasteiger charge is -2.12. The van der Waals surface area contributed by atoms with E-state index in [-0.39, 0.29) is 11.7 Å². The molecule has 0 radical (unpaired) electrons. The van der Waals surface area contributed by atoms with Crippen molar-refractivity contribution in [3.63, 3.8) is 0 Å². The normalized spacial score (nSPS) is 10.1. The second-order valence-corrected chi connectivity index (χ2v) is 7.41. The van der Waals surface area contributed by atoms with Gasteiger partial charge < -0.3 is 14.2 Å². The first-order valence-electron chi connectivity index (χ1n) is 10.5. The van der Waals surface area contributed by atoms with Crippen molar-refractivity contribution in [2.45, 2.75) is 0 Å². The number of hydrogen-bond acceptors (Lipinski definition) is 6. The largest absolute Gasteiger partial charge is 0.491 e. The Balaban J connectivity index is 1.37. The fraction of sp³-hybridized carbons (Fsp3) is 0.160. The molecule has 0 aromatic heterocycles. The van der Waals surface area contributed by atoms with Gasteiger partial charge in [-0.3, -0.25) is 25.8 Å². The number of thiocarbonyl (C=S) groups is 1. The van der Waals surface area contributed by atoms with Crippen molar-refractivity contribution in [2.75, 3.05) is 26.9 Å². The summed E-state index contributed by atoms with van der Waals surface area (Å²) in [6.45, 7) is 0.663. The maximum Gasteiger partial charge on any atom is 0.276 e. The zero-order chi connectivity index (χ0) is 24.2. The number of ether oxygens (including phenoxy) is 3. The van der Waals surface area contributed by atoms with Crippen LogP contribution in [0.5, 0.6) is 11.5 Å². The van der Waals surface area contributed by atoms with Gasteiger partial charge in [0.1, 0.15) is 18.1 Å². The summed E-state index contributed by atoms with van der Waals surface area (Å²) in [4.78, 5) is 24.3. The molecule has 3 rings (SSSR count). The van der Waals surface area contributed by atoms with E-state index in [2.05, 4.69) is 16.2 Å². The molecular weight excluding hydrogens is 454 g/mol. The molecule has 34 heavy (non-hydrogen) atoms. The molecular formula is C25H25N3O5S. The molecule has 0 bridgehead atoms. The lowest BCUT2D eigenvalue weighted by molar-refractivity contribution is -0.123. The summed E-state index contributed by atoms with van der Waals surface area (Å²) in [5.74, 6) is 0.294. The number of rotatable bonds is 9. The Labute approximate surface area is 203 Å². The third kappa shape index (κ3) is 7.88. The molecule has 0 fully saturated rings. The van der Waals surface area contributed by atoms with E-state index in [0.717, 1.165) is 11.1 Å². The molecule has 0 atom stereocenters. The van der Waals surface area contributed by atoms with Gasteiger partial charge in [-0.05, 0) is 59.7 Å². The predicted octanol–water partition coefficient (Wildman–Crippen LogP) is 3.09. The molecule has 0 saturated carbocycles. The minimum Gasteiger partial charge on any atom is -0.491 e. The molecule has 0 aliphatic carbocycles. The van der Waals surface area contributed by atoms with E-state index in [1.54, 1.807) is 43.5 Å². The van der Waals surface area contributed by atoms with Crippen LogP contribution in [0, 0.1) is 0 Å². The first kappa shape index (κ1) is 24.7. The summed E-state index contributed by atoms with van der Waals surface area (Å²) in [7, 11) is 1.59. The van der Waals surface area contributed by atoms with Crippen LogP contribution in [0.25, 0.3) is 11.1 Å². The molecule has 0 heterocycles. The molecule has 3 N–H and O–H groups in total. The van der Waals surface area contributed by atoms with Gasteiger partial charge in [-0.2, -0.15) is 0 Å². The minimum atomic E-state index is -0.457. The van der Waals surface area contributed by atoms with Gasteiger partial charge in [-0.1, -0.05) is 42.5 Å². The van der Waals surface area contributed by atoms with Crippen molar-refractivity contribution >= 4 is 29.1 Å². The summed E-state index contributed by atoms with van der Waals surface area (Å²) in [5.41, 5.74) is 7.39. The third-order valence-electron chi connectivity index (χ3n) is 4.55. The number of benzene rings is 3. The average molecular weight is 480 g/mol. The summed E-state index contributed by atoms with van der Waals surface area (Å²) < 4.78 is 15.9. The molecule has 0 aliphatic heterocycles. The van der Waals surface area contributed by atoms with Gasteiger partial charge in [0, 0.05) is 12.7 Å². The molecule has 176 valence electrons. The smallest absolute Gasteiger partial charge is 0.276 e. The van der Waals surface area contributed by atoms with Gasteiger partial charge in [0.05, 0.1) is 6.61 Å². The maximum absolute atomic E-state index is 12.3. The van der Waals surface area contributed by atoms with Crippen LogP contribution in [-0.2, 0) is 9.53 Å². The minimum absolute atomic E-state index is 0.0500. The van der Waals surface area contributed by atoms with Crippen LogP contribution in [0.4, 0.5) is 0 Å². The van der Waals surface area contributed by atoms with Gasteiger partial charge in [0.25, 0.3) is 11.8 Å². The Hall–Kier alpha value is -3.95. The Morgan fingerprint density at radius 3 is 2.06 bits per heavy atom. The molecule has 9 heteroatoms. The van der Waals surface area contributed by atoms with Gasteiger partial charge >= 0.3 is 0 Å². The molecule has 0 aliphatic rings. The van der Waals surface area contributed by atoms with E-state index in [4.69, 9.17) is 26.4 Å². The van der Waals surface area contributed by atoms with Gasteiger partial charge in [-0.25, -0.2) is 0 Å². The van der Waals surface area contributed by atoms with Crippen LogP contribution < -0.4 is 25.6 Å². The molecule has 3 aromatic rings. The fourth-order valence-electron chi connectivity index (χ4n) is 2.84. The fourth-order valence-corrected chi connectivity index (χ4v) is 2.98. The second kappa shape index (κ2) is 12.9. The first-order chi connectivity index (χ1) is 16.5. The number of amides is 2. The number of hydrazine groups is 1. The van der Waals surface area contributed by atoms with Crippen LogP contribution in [0.2, 0.25) is 0 Å². The third-order valence-corrected chi connectivity index (χ3v) is 4.75. The number of methoxy groups -OCH3 is 1. The zero-order valence-electron chi connectivity index (χ0n) is 18.6. The van der Waals surface area contributed by atoms with Crippen molar-refractivity contribution in [1.82, 2.24) is 16.2 Å². The van der Waals surface area contributed by atoms with Gasteiger partial charge in [-0.15, -0.1) is 0 Å². The van der Waals surface area contributed by atoms with Crippen molar-refractivity contribution in [1.29, 1.82) is 0 Å². The highest BCUT2D eigenvalue weighted by Crippen LogP contribution is 2.21. The summed E-state index contributed by atoms with van der Waals surface area (Å²) in [6, 6.07) is 23.9. The van der Waals surface area contributed by atoms with Crippen molar-refractivity contribution in [2.24, 2.45) is 0 Å². The molecule has 8 nitrogen and oxygen atoms in total.